The maximum Gasteiger partial charge on any atom is 0.272 e. The van der Waals surface area contributed by atoms with Crippen LogP contribution in [0.1, 0.15) is 29.0 Å². The van der Waals surface area contributed by atoms with Crippen molar-refractivity contribution in [3.63, 3.8) is 0 Å². The van der Waals surface area contributed by atoms with E-state index in [0.29, 0.717) is 31.7 Å². The van der Waals surface area contributed by atoms with Crippen LogP contribution in [0.2, 0.25) is 0 Å². The third-order valence-electron chi connectivity index (χ3n) is 5.26. The third kappa shape index (κ3) is 2.59. The van der Waals surface area contributed by atoms with Gasteiger partial charge in [-0.15, -0.1) is 0 Å². The lowest BCUT2D eigenvalue weighted by Crippen LogP contribution is -2.38. The average molecular weight is 339 g/mol. The highest BCUT2D eigenvalue weighted by Gasteiger charge is 2.52. The average Bonchev–Trinajstić information content (AvgIpc) is 3.29. The molecule has 0 aliphatic carbocycles. The van der Waals surface area contributed by atoms with E-state index in [1.807, 2.05) is 32.3 Å². The highest BCUT2D eigenvalue weighted by Crippen LogP contribution is 2.42. The normalized spacial score (nSPS) is 23.0. The standard InChI is InChI=1S/C18H21N5O2/c1-13-4-3-5-15(20-13)16(24)22-8-6-18(12-22)7-9-23(17(18)25)14-10-19-21(2)11-14/h3-5,10-11H,6-9,12H2,1-2H3/t18-/m0/s1. The summed E-state index contributed by atoms with van der Waals surface area (Å²) in [5.74, 6) is 0.0150. The zero-order chi connectivity index (χ0) is 17.6. The first kappa shape index (κ1) is 15.8. The minimum absolute atomic E-state index is 0.0896. The summed E-state index contributed by atoms with van der Waals surface area (Å²) in [5, 5.41) is 4.15. The van der Waals surface area contributed by atoms with Gasteiger partial charge in [0.05, 0.1) is 17.3 Å². The number of anilines is 1. The first-order valence-corrected chi connectivity index (χ1v) is 8.52. The number of rotatable bonds is 2. The number of hydrogen-bond acceptors (Lipinski definition) is 4. The Balaban J connectivity index is 1.52. The minimum atomic E-state index is -0.463. The zero-order valence-electron chi connectivity index (χ0n) is 14.5. The van der Waals surface area contributed by atoms with Crippen molar-refractivity contribution >= 4 is 17.5 Å². The molecule has 2 aromatic rings. The molecule has 2 saturated heterocycles. The number of aryl methyl sites for hydroxylation is 2. The lowest BCUT2D eigenvalue weighted by molar-refractivity contribution is -0.124. The molecule has 25 heavy (non-hydrogen) atoms. The predicted molar refractivity (Wildman–Crippen MR) is 92.1 cm³/mol. The van der Waals surface area contributed by atoms with Crippen molar-refractivity contribution in [3.05, 3.63) is 42.0 Å². The van der Waals surface area contributed by atoms with E-state index in [4.69, 9.17) is 0 Å². The summed E-state index contributed by atoms with van der Waals surface area (Å²) in [6, 6.07) is 5.44. The largest absolute Gasteiger partial charge is 0.336 e. The molecule has 130 valence electrons. The number of hydrogen-bond donors (Lipinski definition) is 0. The van der Waals surface area contributed by atoms with Crippen molar-refractivity contribution in [1.82, 2.24) is 19.7 Å². The van der Waals surface area contributed by atoms with Gasteiger partial charge in [0.15, 0.2) is 0 Å². The summed E-state index contributed by atoms with van der Waals surface area (Å²) in [7, 11) is 1.84. The Bertz CT molecular complexity index is 845. The molecule has 1 atom stereocenters. The number of nitrogens with zero attached hydrogens (tertiary/aromatic N) is 5. The molecule has 0 bridgehead atoms. The molecule has 2 aliphatic heterocycles. The molecule has 0 aromatic carbocycles. The summed E-state index contributed by atoms with van der Waals surface area (Å²) in [6.07, 6.45) is 5.04. The molecule has 7 nitrogen and oxygen atoms in total. The van der Waals surface area contributed by atoms with Crippen LogP contribution in [0.25, 0.3) is 0 Å². The molecule has 4 heterocycles. The second kappa shape index (κ2) is 5.68. The van der Waals surface area contributed by atoms with Crippen LogP contribution in [0.15, 0.2) is 30.6 Å². The van der Waals surface area contributed by atoms with E-state index in [0.717, 1.165) is 17.8 Å². The van der Waals surface area contributed by atoms with Gasteiger partial charge in [0.25, 0.3) is 5.91 Å². The van der Waals surface area contributed by atoms with Gasteiger partial charge in [-0.2, -0.15) is 5.10 Å². The molecule has 1 spiro atoms. The maximum atomic E-state index is 13.0. The first-order chi connectivity index (χ1) is 12.0. The SMILES string of the molecule is Cc1cccc(C(=O)N2CC[C@]3(CCN(c4cnn(C)c4)C3=O)C2)n1. The molecule has 7 heteroatoms. The van der Waals surface area contributed by atoms with E-state index in [1.54, 1.807) is 26.7 Å². The molecular weight excluding hydrogens is 318 g/mol. The topological polar surface area (TPSA) is 71.3 Å². The van der Waals surface area contributed by atoms with Crippen molar-refractivity contribution < 1.29 is 9.59 Å². The van der Waals surface area contributed by atoms with Crippen molar-refractivity contribution in [2.75, 3.05) is 24.5 Å². The van der Waals surface area contributed by atoms with Crippen LogP contribution in [0.3, 0.4) is 0 Å². The van der Waals surface area contributed by atoms with Gasteiger partial charge in [0, 0.05) is 38.6 Å². The van der Waals surface area contributed by atoms with Gasteiger partial charge < -0.3 is 9.80 Å². The van der Waals surface area contributed by atoms with Crippen LogP contribution in [0.4, 0.5) is 5.69 Å². The monoisotopic (exact) mass is 339 g/mol. The van der Waals surface area contributed by atoms with Gasteiger partial charge in [0.1, 0.15) is 5.69 Å². The van der Waals surface area contributed by atoms with Gasteiger partial charge >= 0.3 is 0 Å². The number of likely N-dealkylation sites (tertiary alicyclic amines) is 1. The second-order valence-electron chi connectivity index (χ2n) is 7.00. The van der Waals surface area contributed by atoms with Crippen LogP contribution >= 0.6 is 0 Å². The molecule has 4 rings (SSSR count). The van der Waals surface area contributed by atoms with Gasteiger partial charge in [-0.1, -0.05) is 6.07 Å². The number of pyridine rings is 1. The first-order valence-electron chi connectivity index (χ1n) is 8.52. The fraction of sp³-hybridized carbons (Fsp3) is 0.444. The Kier molecular flexibility index (Phi) is 3.59. The van der Waals surface area contributed by atoms with E-state index in [2.05, 4.69) is 10.1 Å². The highest BCUT2D eigenvalue weighted by atomic mass is 16.2. The van der Waals surface area contributed by atoms with Crippen LogP contribution in [0.5, 0.6) is 0 Å². The van der Waals surface area contributed by atoms with Gasteiger partial charge in [-0.25, -0.2) is 4.98 Å². The summed E-state index contributed by atoms with van der Waals surface area (Å²) in [5.41, 5.74) is 1.63. The summed E-state index contributed by atoms with van der Waals surface area (Å²) in [4.78, 5) is 33.6. The summed E-state index contributed by atoms with van der Waals surface area (Å²) in [6.45, 7) is 3.61. The molecule has 2 aromatic heterocycles. The summed E-state index contributed by atoms with van der Waals surface area (Å²) >= 11 is 0. The minimum Gasteiger partial charge on any atom is -0.336 e. The van der Waals surface area contributed by atoms with Crippen LogP contribution in [-0.2, 0) is 11.8 Å². The fourth-order valence-corrected chi connectivity index (χ4v) is 3.86. The highest BCUT2D eigenvalue weighted by molar-refractivity contribution is 6.01. The number of aromatic nitrogens is 3. The van der Waals surface area contributed by atoms with E-state index in [-0.39, 0.29) is 11.8 Å². The van der Waals surface area contributed by atoms with E-state index < -0.39 is 5.41 Å². The number of carbonyl (C=O) groups excluding carboxylic acids is 2. The zero-order valence-corrected chi connectivity index (χ0v) is 14.5. The molecule has 0 unspecified atom stereocenters. The van der Waals surface area contributed by atoms with Crippen molar-refractivity contribution in [2.45, 2.75) is 19.8 Å². The van der Waals surface area contributed by atoms with Gasteiger partial charge in [0.2, 0.25) is 5.91 Å². The molecule has 0 N–H and O–H groups in total. The summed E-state index contributed by atoms with van der Waals surface area (Å²) < 4.78 is 1.70. The van der Waals surface area contributed by atoms with Gasteiger partial charge in [-0.3, -0.25) is 14.3 Å². The smallest absolute Gasteiger partial charge is 0.272 e. The van der Waals surface area contributed by atoms with E-state index >= 15 is 0 Å². The molecule has 2 amide bonds. The molecular formula is C18H21N5O2. The van der Waals surface area contributed by atoms with Crippen molar-refractivity contribution in [2.24, 2.45) is 12.5 Å². The Morgan fingerprint density at radius 1 is 1.24 bits per heavy atom. The molecule has 2 fully saturated rings. The second-order valence-corrected chi connectivity index (χ2v) is 7.00. The van der Waals surface area contributed by atoms with E-state index in [1.165, 1.54) is 0 Å². The Hall–Kier alpha value is -2.70. The maximum absolute atomic E-state index is 13.0. The Labute approximate surface area is 146 Å². The van der Waals surface area contributed by atoms with Crippen molar-refractivity contribution in [1.29, 1.82) is 0 Å². The van der Waals surface area contributed by atoms with Crippen LogP contribution in [-0.4, -0.2) is 51.1 Å². The van der Waals surface area contributed by atoms with Crippen LogP contribution < -0.4 is 4.90 Å². The van der Waals surface area contributed by atoms with Crippen LogP contribution in [0, 0.1) is 12.3 Å². The molecule has 0 radical (unpaired) electrons. The number of carbonyl (C=O) groups is 2. The van der Waals surface area contributed by atoms with E-state index in [9.17, 15) is 9.59 Å². The van der Waals surface area contributed by atoms with Crippen molar-refractivity contribution in [3.8, 4) is 0 Å². The van der Waals surface area contributed by atoms with Gasteiger partial charge in [-0.05, 0) is 31.9 Å². The quantitative estimate of drug-likeness (QED) is 0.829. The lowest BCUT2D eigenvalue weighted by Gasteiger charge is -2.23. The molecule has 0 saturated carbocycles. The number of amides is 2. The Morgan fingerprint density at radius 2 is 2.04 bits per heavy atom. The fourth-order valence-electron chi connectivity index (χ4n) is 3.86. The molecule has 2 aliphatic rings. The predicted octanol–water partition coefficient (Wildman–Crippen LogP) is 1.39. The Morgan fingerprint density at radius 3 is 2.76 bits per heavy atom. The lowest BCUT2D eigenvalue weighted by atomic mass is 9.85. The third-order valence-corrected chi connectivity index (χ3v) is 5.26.